The molecule has 1 aromatic heterocycles. The Kier molecular flexibility index (Phi) is 5.12. The molecule has 102 valence electrons. The number of hydrogen-bond donors (Lipinski definition) is 1. The molecule has 2 N–H and O–H groups in total. The zero-order valence-electron chi connectivity index (χ0n) is 11.3. The average molecular weight is 269 g/mol. The quantitative estimate of drug-likeness (QED) is 0.888. The van der Waals surface area contributed by atoms with Crippen molar-refractivity contribution in [1.29, 1.82) is 0 Å². The molecule has 1 aliphatic rings. The lowest BCUT2D eigenvalue weighted by molar-refractivity contribution is 0.173. The second-order valence-corrected chi connectivity index (χ2v) is 6.27. The third kappa shape index (κ3) is 3.51. The number of nitrogens with two attached hydrogens (primary N) is 1. The first-order valence-corrected chi connectivity index (χ1v) is 7.43. The van der Waals surface area contributed by atoms with Gasteiger partial charge >= 0.3 is 0 Å². The predicted octanol–water partition coefficient (Wildman–Crippen LogP) is 1.98. The smallest absolute Gasteiger partial charge is 0.107 e. The first kappa shape index (κ1) is 13.9. The van der Waals surface area contributed by atoms with E-state index in [2.05, 4.69) is 16.8 Å². The van der Waals surface area contributed by atoms with Crippen molar-refractivity contribution >= 4 is 11.3 Å². The van der Waals surface area contributed by atoms with Gasteiger partial charge in [0, 0.05) is 25.1 Å². The molecule has 0 saturated carbocycles. The van der Waals surface area contributed by atoms with E-state index in [1.165, 1.54) is 30.9 Å². The van der Waals surface area contributed by atoms with Gasteiger partial charge in [-0.05, 0) is 25.3 Å². The number of nitrogens with zero attached hydrogens (tertiary/aromatic N) is 2. The van der Waals surface area contributed by atoms with E-state index in [0.29, 0.717) is 13.2 Å². The summed E-state index contributed by atoms with van der Waals surface area (Å²) < 4.78 is 5.17. The fourth-order valence-electron chi connectivity index (χ4n) is 2.54. The highest BCUT2D eigenvalue weighted by molar-refractivity contribution is 7.11. The van der Waals surface area contributed by atoms with Gasteiger partial charge in [0.2, 0.25) is 0 Å². The van der Waals surface area contributed by atoms with Crippen molar-refractivity contribution in [3.8, 4) is 0 Å². The standard InChI is InChI=1S/C13H23N3OS/c1-10-4-3-5-16(7-10)8-13-15-11(9-17-2)12(6-14)18-13/h10H,3-9,14H2,1-2H3. The van der Waals surface area contributed by atoms with Crippen molar-refractivity contribution in [2.75, 3.05) is 20.2 Å². The number of thiazole rings is 1. The fraction of sp³-hybridized carbons (Fsp3) is 0.769. The minimum Gasteiger partial charge on any atom is -0.378 e. The molecule has 0 bridgehead atoms. The summed E-state index contributed by atoms with van der Waals surface area (Å²) in [7, 11) is 1.70. The Morgan fingerprint density at radius 1 is 1.56 bits per heavy atom. The van der Waals surface area contributed by atoms with Crippen LogP contribution in [0.15, 0.2) is 0 Å². The summed E-state index contributed by atoms with van der Waals surface area (Å²) in [4.78, 5) is 8.33. The molecular weight excluding hydrogens is 246 g/mol. The largest absolute Gasteiger partial charge is 0.378 e. The molecule has 1 unspecified atom stereocenters. The summed E-state index contributed by atoms with van der Waals surface area (Å²) >= 11 is 1.74. The number of methoxy groups -OCH3 is 1. The molecule has 1 aliphatic heterocycles. The molecule has 1 aromatic rings. The van der Waals surface area contributed by atoms with Crippen molar-refractivity contribution < 1.29 is 4.74 Å². The SMILES string of the molecule is COCc1nc(CN2CCCC(C)C2)sc1CN. The van der Waals surface area contributed by atoms with Gasteiger partial charge in [-0.1, -0.05) is 6.92 Å². The molecule has 1 atom stereocenters. The van der Waals surface area contributed by atoms with E-state index >= 15 is 0 Å². The molecule has 2 heterocycles. The van der Waals surface area contributed by atoms with Crippen molar-refractivity contribution in [2.45, 2.75) is 39.5 Å². The van der Waals surface area contributed by atoms with Crippen LogP contribution >= 0.6 is 11.3 Å². The molecule has 0 aliphatic carbocycles. The predicted molar refractivity (Wildman–Crippen MR) is 74.4 cm³/mol. The highest BCUT2D eigenvalue weighted by atomic mass is 32.1. The van der Waals surface area contributed by atoms with Crippen LogP contribution in [0.2, 0.25) is 0 Å². The highest BCUT2D eigenvalue weighted by Crippen LogP contribution is 2.23. The van der Waals surface area contributed by atoms with E-state index < -0.39 is 0 Å². The zero-order valence-corrected chi connectivity index (χ0v) is 12.1. The Bertz CT molecular complexity index is 380. The summed E-state index contributed by atoms with van der Waals surface area (Å²) in [5.74, 6) is 0.811. The Morgan fingerprint density at radius 3 is 3.06 bits per heavy atom. The van der Waals surface area contributed by atoms with Gasteiger partial charge in [-0.2, -0.15) is 0 Å². The number of hydrogen-bond acceptors (Lipinski definition) is 5. The van der Waals surface area contributed by atoms with Gasteiger partial charge in [0.05, 0.1) is 18.8 Å². The molecule has 1 fully saturated rings. The molecule has 18 heavy (non-hydrogen) atoms. The van der Waals surface area contributed by atoms with E-state index in [0.717, 1.165) is 23.0 Å². The Labute approximate surface area is 113 Å². The lowest BCUT2D eigenvalue weighted by Gasteiger charge is -2.29. The number of piperidine rings is 1. The third-order valence-corrected chi connectivity index (χ3v) is 4.49. The molecule has 0 amide bonds. The van der Waals surface area contributed by atoms with Crippen LogP contribution in [0.5, 0.6) is 0 Å². The van der Waals surface area contributed by atoms with Crippen LogP contribution < -0.4 is 5.73 Å². The van der Waals surface area contributed by atoms with E-state index in [1.54, 1.807) is 18.4 Å². The van der Waals surface area contributed by atoms with Gasteiger partial charge in [-0.3, -0.25) is 4.90 Å². The third-order valence-electron chi connectivity index (χ3n) is 3.39. The van der Waals surface area contributed by atoms with Crippen LogP contribution in [0.1, 0.15) is 35.3 Å². The van der Waals surface area contributed by atoms with Crippen LogP contribution in [0.25, 0.3) is 0 Å². The van der Waals surface area contributed by atoms with Crippen molar-refractivity contribution in [2.24, 2.45) is 11.7 Å². The molecule has 0 radical (unpaired) electrons. The van der Waals surface area contributed by atoms with Crippen LogP contribution in [0, 0.1) is 5.92 Å². The lowest BCUT2D eigenvalue weighted by Crippen LogP contribution is -2.33. The molecule has 2 rings (SSSR count). The number of ether oxygens (including phenoxy) is 1. The van der Waals surface area contributed by atoms with E-state index in [9.17, 15) is 0 Å². The molecule has 0 aromatic carbocycles. The van der Waals surface area contributed by atoms with Gasteiger partial charge < -0.3 is 10.5 Å². The normalized spacial score (nSPS) is 21.4. The first-order chi connectivity index (χ1) is 8.72. The molecule has 4 nitrogen and oxygen atoms in total. The van der Waals surface area contributed by atoms with Gasteiger partial charge in [0.1, 0.15) is 5.01 Å². The second-order valence-electron chi connectivity index (χ2n) is 5.10. The number of rotatable bonds is 5. The lowest BCUT2D eigenvalue weighted by atomic mass is 10.0. The molecular formula is C13H23N3OS. The Balaban J connectivity index is 2.00. The minimum atomic E-state index is 0.562. The molecule has 1 saturated heterocycles. The van der Waals surface area contributed by atoms with Gasteiger partial charge in [-0.15, -0.1) is 11.3 Å². The average Bonchev–Trinajstić information content (AvgIpc) is 2.72. The van der Waals surface area contributed by atoms with Crippen LogP contribution in [-0.4, -0.2) is 30.1 Å². The summed E-state index contributed by atoms with van der Waals surface area (Å²) in [5, 5.41) is 1.18. The van der Waals surface area contributed by atoms with Gasteiger partial charge in [-0.25, -0.2) is 4.98 Å². The van der Waals surface area contributed by atoms with Gasteiger partial charge in [0.25, 0.3) is 0 Å². The topological polar surface area (TPSA) is 51.4 Å². The van der Waals surface area contributed by atoms with Gasteiger partial charge in [0.15, 0.2) is 0 Å². The summed E-state index contributed by atoms with van der Waals surface area (Å²) in [6.45, 7) is 6.81. The maximum absolute atomic E-state index is 5.75. The molecule has 5 heteroatoms. The first-order valence-electron chi connectivity index (χ1n) is 6.61. The van der Waals surface area contributed by atoms with Crippen molar-refractivity contribution in [1.82, 2.24) is 9.88 Å². The fourth-order valence-corrected chi connectivity index (χ4v) is 3.53. The van der Waals surface area contributed by atoms with Crippen LogP contribution in [0.3, 0.4) is 0 Å². The second kappa shape index (κ2) is 6.61. The highest BCUT2D eigenvalue weighted by Gasteiger charge is 2.18. The summed E-state index contributed by atoms with van der Waals surface area (Å²) in [6.07, 6.45) is 2.67. The van der Waals surface area contributed by atoms with E-state index in [4.69, 9.17) is 10.5 Å². The summed E-state index contributed by atoms with van der Waals surface area (Å²) in [6, 6.07) is 0. The Hall–Kier alpha value is -0.490. The number of likely N-dealkylation sites (tertiary alicyclic amines) is 1. The minimum absolute atomic E-state index is 0.562. The maximum atomic E-state index is 5.75. The van der Waals surface area contributed by atoms with E-state index in [-0.39, 0.29) is 0 Å². The van der Waals surface area contributed by atoms with Crippen LogP contribution in [0.4, 0.5) is 0 Å². The van der Waals surface area contributed by atoms with E-state index in [1.807, 2.05) is 0 Å². The summed E-state index contributed by atoms with van der Waals surface area (Å²) in [5.41, 5.74) is 6.77. The molecule has 0 spiro atoms. The monoisotopic (exact) mass is 269 g/mol. The van der Waals surface area contributed by atoms with Crippen molar-refractivity contribution in [3.05, 3.63) is 15.6 Å². The number of aromatic nitrogens is 1. The maximum Gasteiger partial charge on any atom is 0.107 e. The zero-order chi connectivity index (χ0) is 13.0. The van der Waals surface area contributed by atoms with Crippen LogP contribution in [-0.2, 0) is 24.4 Å². The Morgan fingerprint density at radius 2 is 2.39 bits per heavy atom. The van der Waals surface area contributed by atoms with Crippen molar-refractivity contribution in [3.63, 3.8) is 0 Å².